The Labute approximate surface area is 187 Å². The van der Waals surface area contributed by atoms with Crippen LogP contribution in [0.3, 0.4) is 0 Å². The van der Waals surface area contributed by atoms with Crippen LogP contribution in [0.5, 0.6) is 5.75 Å². The summed E-state index contributed by atoms with van der Waals surface area (Å²) in [5.74, 6) is 0.104. The SMILES string of the molecule is COc1ccc(-c2nnc(NC(=O)C(C)NS(=O)(=O)c3cc(Cl)ccc3Cl)s2)cc1. The summed E-state index contributed by atoms with van der Waals surface area (Å²) < 4.78 is 32.5. The van der Waals surface area contributed by atoms with Gasteiger partial charge in [-0.15, -0.1) is 10.2 Å². The molecule has 0 aliphatic heterocycles. The number of aromatic nitrogens is 2. The first-order valence-electron chi connectivity index (χ1n) is 8.46. The van der Waals surface area contributed by atoms with Crippen LogP contribution >= 0.6 is 34.5 Å². The smallest absolute Gasteiger partial charge is 0.244 e. The number of ether oxygens (including phenoxy) is 1. The number of nitrogens with one attached hydrogen (secondary N) is 2. The summed E-state index contributed by atoms with van der Waals surface area (Å²) in [5.41, 5.74) is 0.804. The lowest BCUT2D eigenvalue weighted by molar-refractivity contribution is -0.117. The Kier molecular flexibility index (Phi) is 6.94. The molecule has 0 saturated heterocycles. The van der Waals surface area contributed by atoms with Crippen LogP contribution < -0.4 is 14.8 Å². The minimum absolute atomic E-state index is 0.00670. The molecular weight excluding hydrogens is 471 g/mol. The fourth-order valence-corrected chi connectivity index (χ4v) is 5.09. The number of nitrogens with zero attached hydrogens (tertiary/aromatic N) is 2. The molecule has 30 heavy (non-hydrogen) atoms. The van der Waals surface area contributed by atoms with Crippen LogP contribution in [0, 0.1) is 0 Å². The summed E-state index contributed by atoms with van der Waals surface area (Å²) in [6.45, 7) is 1.40. The number of amides is 1. The van der Waals surface area contributed by atoms with Crippen LogP contribution in [0.1, 0.15) is 6.92 Å². The average molecular weight is 487 g/mol. The number of halogens is 2. The molecule has 3 rings (SSSR count). The maximum Gasteiger partial charge on any atom is 0.244 e. The van der Waals surface area contributed by atoms with Crippen molar-refractivity contribution in [1.82, 2.24) is 14.9 Å². The van der Waals surface area contributed by atoms with Crippen LogP contribution in [0.4, 0.5) is 5.13 Å². The van der Waals surface area contributed by atoms with E-state index in [1.807, 2.05) is 12.1 Å². The topological polar surface area (TPSA) is 110 Å². The lowest BCUT2D eigenvalue weighted by Crippen LogP contribution is -2.41. The maximum absolute atomic E-state index is 12.5. The fraction of sp³-hybridized carbons (Fsp3) is 0.167. The molecule has 1 atom stereocenters. The van der Waals surface area contributed by atoms with Crippen molar-refractivity contribution < 1.29 is 17.9 Å². The number of rotatable bonds is 7. The molecule has 1 unspecified atom stereocenters. The number of carbonyl (C=O) groups is 1. The number of anilines is 1. The van der Waals surface area contributed by atoms with Crippen LogP contribution in [0.15, 0.2) is 47.4 Å². The zero-order valence-electron chi connectivity index (χ0n) is 15.7. The minimum Gasteiger partial charge on any atom is -0.497 e. The molecule has 0 aliphatic rings. The lowest BCUT2D eigenvalue weighted by Gasteiger charge is -2.14. The Morgan fingerprint density at radius 2 is 1.83 bits per heavy atom. The third-order valence-electron chi connectivity index (χ3n) is 3.90. The molecule has 1 amide bonds. The Bertz CT molecular complexity index is 1170. The normalized spacial score (nSPS) is 12.4. The largest absolute Gasteiger partial charge is 0.497 e. The first kappa shape index (κ1) is 22.4. The predicted octanol–water partition coefficient (Wildman–Crippen LogP) is 3.83. The van der Waals surface area contributed by atoms with Gasteiger partial charge < -0.3 is 4.74 Å². The molecule has 0 radical (unpaired) electrons. The highest BCUT2D eigenvalue weighted by atomic mass is 35.5. The molecule has 8 nitrogen and oxygen atoms in total. The van der Waals surface area contributed by atoms with Gasteiger partial charge in [0.05, 0.1) is 18.2 Å². The second-order valence-electron chi connectivity index (χ2n) is 6.05. The molecule has 2 aromatic carbocycles. The van der Waals surface area contributed by atoms with E-state index >= 15 is 0 Å². The van der Waals surface area contributed by atoms with E-state index in [-0.39, 0.29) is 20.1 Å². The molecule has 0 spiro atoms. The molecule has 2 N–H and O–H groups in total. The van der Waals surface area contributed by atoms with E-state index in [1.165, 1.54) is 25.1 Å². The number of benzene rings is 2. The first-order valence-corrected chi connectivity index (χ1v) is 11.5. The maximum atomic E-state index is 12.5. The van der Waals surface area contributed by atoms with Crippen molar-refractivity contribution in [3.05, 3.63) is 52.5 Å². The van der Waals surface area contributed by atoms with Gasteiger partial charge in [0.2, 0.25) is 21.1 Å². The standard InChI is InChI=1S/C18H16Cl2N4O4S2/c1-10(24-30(26,27)15-9-12(19)5-8-14(15)20)16(25)21-18-23-22-17(29-18)11-3-6-13(28-2)7-4-11/h3-10,24H,1-2H3,(H,21,23,25). The van der Waals surface area contributed by atoms with Gasteiger partial charge in [0.15, 0.2) is 0 Å². The number of methoxy groups -OCH3 is 1. The van der Waals surface area contributed by atoms with Gasteiger partial charge >= 0.3 is 0 Å². The second-order valence-corrected chi connectivity index (χ2v) is 9.55. The average Bonchev–Trinajstić information content (AvgIpc) is 3.17. The predicted molar refractivity (Wildman–Crippen MR) is 117 cm³/mol. The number of carbonyl (C=O) groups excluding carboxylic acids is 1. The third kappa shape index (κ3) is 5.27. The number of hydrogen-bond donors (Lipinski definition) is 2. The Balaban J connectivity index is 1.68. The van der Waals surface area contributed by atoms with E-state index in [2.05, 4.69) is 20.2 Å². The molecule has 0 saturated carbocycles. The summed E-state index contributed by atoms with van der Waals surface area (Å²) >= 11 is 13.0. The van der Waals surface area contributed by atoms with Gasteiger partial charge in [-0.05, 0) is 49.4 Å². The summed E-state index contributed by atoms with van der Waals surface area (Å²) in [4.78, 5) is 12.2. The van der Waals surface area contributed by atoms with E-state index in [4.69, 9.17) is 27.9 Å². The van der Waals surface area contributed by atoms with E-state index in [0.29, 0.717) is 10.8 Å². The van der Waals surface area contributed by atoms with Gasteiger partial charge in [-0.2, -0.15) is 4.72 Å². The lowest BCUT2D eigenvalue weighted by atomic mass is 10.2. The Hall–Kier alpha value is -2.24. The molecular formula is C18H16Cl2N4O4S2. The van der Waals surface area contributed by atoms with Gasteiger partial charge in [-0.25, -0.2) is 8.42 Å². The van der Waals surface area contributed by atoms with Crippen molar-refractivity contribution in [2.45, 2.75) is 17.9 Å². The monoisotopic (exact) mass is 486 g/mol. The van der Waals surface area contributed by atoms with Crippen LogP contribution in [0.2, 0.25) is 10.0 Å². The fourth-order valence-electron chi connectivity index (χ4n) is 2.37. The molecule has 1 aromatic heterocycles. The van der Waals surface area contributed by atoms with Crippen molar-refractivity contribution in [3.63, 3.8) is 0 Å². The van der Waals surface area contributed by atoms with Gasteiger partial charge in [0.25, 0.3) is 0 Å². The van der Waals surface area contributed by atoms with E-state index in [1.54, 1.807) is 19.2 Å². The van der Waals surface area contributed by atoms with Crippen LogP contribution in [0.25, 0.3) is 10.6 Å². The van der Waals surface area contributed by atoms with Crippen LogP contribution in [-0.4, -0.2) is 37.7 Å². The highest BCUT2D eigenvalue weighted by Crippen LogP contribution is 2.28. The minimum atomic E-state index is -4.07. The van der Waals surface area contributed by atoms with E-state index in [9.17, 15) is 13.2 Å². The van der Waals surface area contributed by atoms with Crippen LogP contribution in [-0.2, 0) is 14.8 Å². The molecule has 0 fully saturated rings. The number of hydrogen-bond acceptors (Lipinski definition) is 7. The highest BCUT2D eigenvalue weighted by Gasteiger charge is 2.25. The molecule has 0 bridgehead atoms. The van der Waals surface area contributed by atoms with E-state index < -0.39 is 22.0 Å². The Morgan fingerprint density at radius 1 is 1.13 bits per heavy atom. The van der Waals surface area contributed by atoms with Crippen molar-refractivity contribution >= 4 is 55.6 Å². The second kappa shape index (κ2) is 9.27. The summed E-state index contributed by atoms with van der Waals surface area (Å²) in [5, 5.41) is 11.5. The zero-order valence-corrected chi connectivity index (χ0v) is 18.9. The third-order valence-corrected chi connectivity index (χ3v) is 7.05. The van der Waals surface area contributed by atoms with Crippen molar-refractivity contribution in [1.29, 1.82) is 0 Å². The highest BCUT2D eigenvalue weighted by molar-refractivity contribution is 7.89. The van der Waals surface area contributed by atoms with Crippen molar-refractivity contribution in [2.24, 2.45) is 0 Å². The molecule has 158 valence electrons. The molecule has 0 aliphatic carbocycles. The van der Waals surface area contributed by atoms with Gasteiger partial charge in [-0.3, -0.25) is 10.1 Å². The molecule has 1 heterocycles. The summed E-state index contributed by atoms with van der Waals surface area (Å²) in [6.07, 6.45) is 0. The summed E-state index contributed by atoms with van der Waals surface area (Å²) in [7, 11) is -2.49. The first-order chi connectivity index (χ1) is 14.2. The van der Waals surface area contributed by atoms with E-state index in [0.717, 1.165) is 16.9 Å². The quantitative estimate of drug-likeness (QED) is 0.524. The van der Waals surface area contributed by atoms with Crippen molar-refractivity contribution in [2.75, 3.05) is 12.4 Å². The van der Waals surface area contributed by atoms with Crippen molar-refractivity contribution in [3.8, 4) is 16.3 Å². The molecule has 3 aromatic rings. The molecule has 12 heteroatoms. The zero-order chi connectivity index (χ0) is 21.9. The van der Waals surface area contributed by atoms with Gasteiger partial charge in [0, 0.05) is 10.6 Å². The van der Waals surface area contributed by atoms with Gasteiger partial charge in [0.1, 0.15) is 15.7 Å². The number of sulfonamides is 1. The van der Waals surface area contributed by atoms with Gasteiger partial charge in [-0.1, -0.05) is 34.5 Å². The summed E-state index contributed by atoms with van der Waals surface area (Å²) in [6, 6.07) is 10.1. The Morgan fingerprint density at radius 3 is 2.50 bits per heavy atom.